The van der Waals surface area contributed by atoms with E-state index in [2.05, 4.69) is 23.4 Å². The molecule has 0 N–H and O–H groups in total. The Bertz CT molecular complexity index is 730. The lowest BCUT2D eigenvalue weighted by Gasteiger charge is -2.20. The Kier molecular flexibility index (Phi) is 5.46. The minimum absolute atomic E-state index is 0.222. The average molecular weight is 350 g/mol. The number of halogens is 1. The lowest BCUT2D eigenvalue weighted by Crippen LogP contribution is -2.13. The summed E-state index contributed by atoms with van der Waals surface area (Å²) in [6.07, 6.45) is 2.27. The van der Waals surface area contributed by atoms with E-state index < -0.39 is 0 Å². The molecule has 0 atom stereocenters. The van der Waals surface area contributed by atoms with Gasteiger partial charge in [0, 0.05) is 29.1 Å². The van der Waals surface area contributed by atoms with Crippen molar-refractivity contribution in [3.63, 3.8) is 0 Å². The first-order chi connectivity index (χ1) is 11.6. The summed E-state index contributed by atoms with van der Waals surface area (Å²) < 4.78 is 26.9. The first-order valence-electron chi connectivity index (χ1n) is 8.28. The topological polar surface area (TPSA) is 36.3 Å². The third kappa shape index (κ3) is 3.59. The number of fused-ring (bicyclic) bond motifs is 1. The Labute approximate surface area is 146 Å². The number of benzene rings is 1. The van der Waals surface area contributed by atoms with Gasteiger partial charge in [0.1, 0.15) is 11.6 Å². The van der Waals surface area contributed by atoms with Crippen LogP contribution in [0.15, 0.2) is 17.3 Å². The van der Waals surface area contributed by atoms with E-state index in [1.54, 1.807) is 17.8 Å². The predicted octanol–water partition coefficient (Wildman–Crippen LogP) is 4.60. The van der Waals surface area contributed by atoms with Gasteiger partial charge >= 0.3 is 0 Å². The van der Waals surface area contributed by atoms with Crippen LogP contribution in [-0.4, -0.2) is 16.3 Å². The van der Waals surface area contributed by atoms with Crippen LogP contribution in [0.5, 0.6) is 5.75 Å². The number of thioether (sulfide) groups is 1. The highest BCUT2D eigenvalue weighted by molar-refractivity contribution is 7.98. The molecule has 0 fully saturated rings. The largest absolute Gasteiger partial charge is 0.467 e. The fourth-order valence-corrected chi connectivity index (χ4v) is 3.90. The Morgan fingerprint density at radius 1 is 1.33 bits per heavy atom. The second kappa shape index (κ2) is 7.57. The minimum Gasteiger partial charge on any atom is -0.467 e. The van der Waals surface area contributed by atoms with Crippen molar-refractivity contribution in [3.05, 3.63) is 40.5 Å². The van der Waals surface area contributed by atoms with Gasteiger partial charge in [-0.05, 0) is 32.4 Å². The quantitative estimate of drug-likeness (QED) is 0.714. The van der Waals surface area contributed by atoms with Crippen LogP contribution >= 0.6 is 11.8 Å². The van der Waals surface area contributed by atoms with Gasteiger partial charge < -0.3 is 14.0 Å². The molecule has 1 aliphatic heterocycles. The molecule has 3 rings (SSSR count). The molecule has 2 heterocycles. The summed E-state index contributed by atoms with van der Waals surface area (Å²) in [5.41, 5.74) is 3.90. The summed E-state index contributed by atoms with van der Waals surface area (Å²) in [6, 6.07) is 3.04. The molecule has 4 nitrogen and oxygen atoms in total. The SMILES string of the molecule is CCCCn1c(SCc2cc(F)cc3c2OCOC3)nc(C)c1C. The zero-order valence-corrected chi connectivity index (χ0v) is 15.2. The molecular weight excluding hydrogens is 327 g/mol. The number of hydrogen-bond donors (Lipinski definition) is 0. The van der Waals surface area contributed by atoms with E-state index in [1.165, 1.54) is 11.8 Å². The molecule has 0 bridgehead atoms. The molecule has 2 aromatic rings. The van der Waals surface area contributed by atoms with Crippen LogP contribution in [0.3, 0.4) is 0 Å². The van der Waals surface area contributed by atoms with Gasteiger partial charge in [0.15, 0.2) is 11.9 Å². The zero-order valence-electron chi connectivity index (χ0n) is 14.4. The fourth-order valence-electron chi connectivity index (χ4n) is 2.82. The molecule has 1 aliphatic rings. The van der Waals surface area contributed by atoms with Crippen molar-refractivity contribution in [3.8, 4) is 5.75 Å². The number of unbranched alkanes of at least 4 members (excludes halogenated alkanes) is 1. The van der Waals surface area contributed by atoms with E-state index in [9.17, 15) is 4.39 Å². The number of hydrogen-bond acceptors (Lipinski definition) is 4. The van der Waals surface area contributed by atoms with Gasteiger partial charge in [-0.1, -0.05) is 25.1 Å². The summed E-state index contributed by atoms with van der Waals surface area (Å²) in [5.74, 6) is 1.14. The molecule has 0 amide bonds. The number of ether oxygens (including phenoxy) is 2. The van der Waals surface area contributed by atoms with Crippen LogP contribution in [0.2, 0.25) is 0 Å². The second-order valence-electron chi connectivity index (χ2n) is 6.02. The molecule has 24 heavy (non-hydrogen) atoms. The van der Waals surface area contributed by atoms with Gasteiger partial charge in [-0.3, -0.25) is 0 Å². The third-order valence-corrected chi connectivity index (χ3v) is 5.29. The standard InChI is InChI=1S/C18H23FN2O2S/c1-4-5-6-21-13(3)12(2)20-18(21)24-10-15-8-16(19)7-14-9-22-11-23-17(14)15/h7-8H,4-6,9-11H2,1-3H3. The van der Waals surface area contributed by atoms with Crippen molar-refractivity contribution in [1.82, 2.24) is 9.55 Å². The molecule has 6 heteroatoms. The highest BCUT2D eigenvalue weighted by atomic mass is 32.2. The molecule has 0 spiro atoms. The summed E-state index contributed by atoms with van der Waals surface area (Å²) in [7, 11) is 0. The fraction of sp³-hybridized carbons (Fsp3) is 0.500. The van der Waals surface area contributed by atoms with Crippen molar-refractivity contribution in [2.24, 2.45) is 0 Å². The average Bonchev–Trinajstić information content (AvgIpc) is 2.84. The monoisotopic (exact) mass is 350 g/mol. The molecule has 0 radical (unpaired) electrons. The Hall–Kier alpha value is -1.53. The maximum absolute atomic E-state index is 13.9. The van der Waals surface area contributed by atoms with Crippen LogP contribution in [0.1, 0.15) is 42.3 Å². The van der Waals surface area contributed by atoms with E-state index in [0.29, 0.717) is 12.4 Å². The van der Waals surface area contributed by atoms with E-state index in [0.717, 1.165) is 47.1 Å². The lowest BCUT2D eigenvalue weighted by atomic mass is 10.1. The first-order valence-corrected chi connectivity index (χ1v) is 9.27. The first kappa shape index (κ1) is 17.3. The highest BCUT2D eigenvalue weighted by Gasteiger charge is 2.18. The molecule has 0 aliphatic carbocycles. The Balaban J connectivity index is 1.81. The van der Waals surface area contributed by atoms with Crippen LogP contribution in [0.4, 0.5) is 4.39 Å². The maximum atomic E-state index is 13.9. The van der Waals surface area contributed by atoms with Gasteiger partial charge in [0.2, 0.25) is 0 Å². The van der Waals surface area contributed by atoms with Crippen LogP contribution in [0.25, 0.3) is 0 Å². The smallest absolute Gasteiger partial charge is 0.189 e. The van der Waals surface area contributed by atoms with Crippen molar-refractivity contribution in [2.45, 2.75) is 57.7 Å². The molecule has 1 aromatic carbocycles. The normalized spacial score (nSPS) is 13.7. The minimum atomic E-state index is -0.250. The van der Waals surface area contributed by atoms with Gasteiger partial charge in [-0.15, -0.1) is 0 Å². The molecule has 0 saturated heterocycles. The molecule has 1 aromatic heterocycles. The van der Waals surface area contributed by atoms with Crippen LogP contribution < -0.4 is 4.74 Å². The number of imidazole rings is 1. The molecule has 130 valence electrons. The van der Waals surface area contributed by atoms with Gasteiger partial charge in [0.25, 0.3) is 0 Å². The number of rotatable bonds is 6. The van der Waals surface area contributed by atoms with Gasteiger partial charge in [0.05, 0.1) is 12.3 Å². The number of aryl methyl sites for hydroxylation is 1. The summed E-state index contributed by atoms with van der Waals surface area (Å²) in [4.78, 5) is 4.68. The van der Waals surface area contributed by atoms with Crippen molar-refractivity contribution < 1.29 is 13.9 Å². The van der Waals surface area contributed by atoms with Crippen molar-refractivity contribution in [2.75, 3.05) is 6.79 Å². The summed E-state index contributed by atoms with van der Waals surface area (Å²) in [5, 5.41) is 0.989. The Morgan fingerprint density at radius 2 is 2.17 bits per heavy atom. The Morgan fingerprint density at radius 3 is 2.96 bits per heavy atom. The molecule has 0 saturated carbocycles. The predicted molar refractivity (Wildman–Crippen MR) is 92.9 cm³/mol. The second-order valence-corrected chi connectivity index (χ2v) is 6.97. The maximum Gasteiger partial charge on any atom is 0.189 e. The van der Waals surface area contributed by atoms with Crippen molar-refractivity contribution in [1.29, 1.82) is 0 Å². The lowest BCUT2D eigenvalue weighted by molar-refractivity contribution is -0.0171. The number of aromatic nitrogens is 2. The highest BCUT2D eigenvalue weighted by Crippen LogP contribution is 2.34. The van der Waals surface area contributed by atoms with Crippen LogP contribution in [0, 0.1) is 19.7 Å². The van der Waals surface area contributed by atoms with E-state index in [4.69, 9.17) is 9.47 Å². The summed E-state index contributed by atoms with van der Waals surface area (Å²) in [6.45, 7) is 7.91. The van der Waals surface area contributed by atoms with Crippen LogP contribution in [-0.2, 0) is 23.6 Å². The zero-order chi connectivity index (χ0) is 17.1. The van der Waals surface area contributed by atoms with E-state index in [-0.39, 0.29) is 12.6 Å². The van der Waals surface area contributed by atoms with Crippen molar-refractivity contribution >= 4 is 11.8 Å². The molecular formula is C18H23FN2O2S. The van der Waals surface area contributed by atoms with E-state index >= 15 is 0 Å². The van der Waals surface area contributed by atoms with E-state index in [1.807, 2.05) is 6.92 Å². The molecule has 0 unspecified atom stereocenters. The number of nitrogens with zero attached hydrogens (tertiary/aromatic N) is 2. The third-order valence-electron chi connectivity index (χ3n) is 4.27. The van der Waals surface area contributed by atoms with Gasteiger partial charge in [-0.25, -0.2) is 9.37 Å². The van der Waals surface area contributed by atoms with Gasteiger partial charge in [-0.2, -0.15) is 0 Å². The summed E-state index contributed by atoms with van der Waals surface area (Å²) >= 11 is 1.63.